The van der Waals surface area contributed by atoms with Crippen LogP contribution < -0.4 is 5.73 Å². The highest BCUT2D eigenvalue weighted by molar-refractivity contribution is 6.25. The van der Waals surface area contributed by atoms with Crippen LogP contribution in [0.2, 0.25) is 0 Å². The molecule has 0 aromatic heterocycles. The number of allylic oxidation sites excluding steroid dienone is 2. The van der Waals surface area contributed by atoms with E-state index in [1.165, 1.54) is 25.1 Å². The number of aliphatic hydroxyl groups is 3. The fraction of sp³-hybridized carbons (Fsp3) is 0.385. The number of hydrogen-bond donors (Lipinski definition) is 5. The van der Waals surface area contributed by atoms with Crippen LogP contribution in [-0.4, -0.2) is 74.3 Å². The van der Waals surface area contributed by atoms with Gasteiger partial charge in [0.1, 0.15) is 22.8 Å². The van der Waals surface area contributed by atoms with Crippen LogP contribution in [0.4, 0.5) is 0 Å². The lowest BCUT2D eigenvalue weighted by Crippen LogP contribution is -2.67. The van der Waals surface area contributed by atoms with Crippen molar-refractivity contribution in [1.29, 1.82) is 0 Å². The molecule has 1 aromatic rings. The van der Waals surface area contributed by atoms with E-state index in [4.69, 9.17) is 5.73 Å². The second kappa shape index (κ2) is 8.42. The third-order valence-corrected chi connectivity index (χ3v) is 7.85. The zero-order chi connectivity index (χ0) is 26.9. The zero-order valence-electron chi connectivity index (χ0n) is 20.1. The number of aliphatic hydroxyl groups excluding tert-OH is 2. The van der Waals surface area contributed by atoms with E-state index >= 15 is 0 Å². The van der Waals surface area contributed by atoms with Gasteiger partial charge < -0.3 is 26.2 Å². The van der Waals surface area contributed by atoms with Gasteiger partial charge in [-0.25, -0.2) is 0 Å². The molecule has 10 nitrogen and oxygen atoms in total. The minimum absolute atomic E-state index is 0.0837. The van der Waals surface area contributed by atoms with E-state index in [2.05, 4.69) is 6.58 Å². The first-order chi connectivity index (χ1) is 16.8. The molecule has 0 radical (unpaired) electrons. The Labute approximate surface area is 207 Å². The Morgan fingerprint density at radius 1 is 1.19 bits per heavy atom. The third-order valence-electron chi connectivity index (χ3n) is 7.85. The molecule has 190 valence electrons. The van der Waals surface area contributed by atoms with E-state index in [1.54, 1.807) is 19.1 Å². The van der Waals surface area contributed by atoms with Crippen molar-refractivity contribution >= 4 is 23.3 Å². The lowest BCUT2D eigenvalue weighted by atomic mass is 9.51. The molecule has 36 heavy (non-hydrogen) atoms. The number of carbonyl (C=O) groups excluding carboxylic acids is 4. The number of Topliss-reactive ketones (excluding diaryl/α,β-unsaturated/α-hetero) is 2. The summed E-state index contributed by atoms with van der Waals surface area (Å²) in [6.45, 7) is 5.24. The Bertz CT molecular complexity index is 1290. The highest BCUT2D eigenvalue weighted by atomic mass is 16.3. The molecule has 0 aliphatic heterocycles. The first kappa shape index (κ1) is 25.3. The van der Waals surface area contributed by atoms with Crippen molar-refractivity contribution in [2.75, 3.05) is 14.1 Å². The number of rotatable bonds is 5. The number of nitrogens with two attached hydrogens (primary N) is 1. The molecular weight excluding hydrogens is 468 g/mol. The maximum Gasteiger partial charge on any atom is 0.255 e. The second-order valence-corrected chi connectivity index (χ2v) is 9.84. The van der Waals surface area contributed by atoms with Gasteiger partial charge in [-0.1, -0.05) is 25.6 Å². The average Bonchev–Trinajstić information content (AvgIpc) is 2.80. The largest absolute Gasteiger partial charge is 0.510 e. The minimum Gasteiger partial charge on any atom is -0.510 e. The molecule has 1 aromatic carbocycles. The van der Waals surface area contributed by atoms with Gasteiger partial charge in [0.2, 0.25) is 5.78 Å². The number of hydrogen-bond acceptors (Lipinski definition) is 9. The van der Waals surface area contributed by atoms with Crippen LogP contribution in [0.5, 0.6) is 5.75 Å². The molecule has 4 rings (SSSR count). The number of phenols is 1. The maximum atomic E-state index is 13.7. The summed E-state index contributed by atoms with van der Waals surface area (Å²) in [4.78, 5) is 53.5. The predicted octanol–water partition coefficient (Wildman–Crippen LogP) is 1.05. The molecule has 0 saturated carbocycles. The summed E-state index contributed by atoms with van der Waals surface area (Å²) in [7, 11) is 3.06. The number of fused-ring (bicyclic) bond motifs is 3. The van der Waals surface area contributed by atoms with E-state index in [-0.39, 0.29) is 23.3 Å². The van der Waals surface area contributed by atoms with E-state index in [1.807, 2.05) is 0 Å². The summed E-state index contributed by atoms with van der Waals surface area (Å²) in [5.74, 6) is -9.66. The molecule has 3 aliphatic rings. The van der Waals surface area contributed by atoms with Gasteiger partial charge in [-0.05, 0) is 43.6 Å². The highest BCUT2D eigenvalue weighted by Gasteiger charge is 2.67. The number of primary amides is 1. The molecule has 0 heterocycles. The topological polar surface area (TPSA) is 178 Å². The summed E-state index contributed by atoms with van der Waals surface area (Å²) in [6, 6.07) is 3.31. The normalized spacial score (nSPS) is 31.6. The summed E-state index contributed by atoms with van der Waals surface area (Å²) >= 11 is 0. The smallest absolute Gasteiger partial charge is 0.255 e. The van der Waals surface area contributed by atoms with Crippen LogP contribution >= 0.6 is 0 Å². The fourth-order valence-electron chi connectivity index (χ4n) is 6.38. The molecule has 0 spiro atoms. The molecule has 6 atom stereocenters. The van der Waals surface area contributed by atoms with Crippen molar-refractivity contribution in [2.24, 2.45) is 23.5 Å². The number of phenolic OH excluding ortho intramolecular Hbond substituents is 1. The summed E-state index contributed by atoms with van der Waals surface area (Å²) in [6.07, 6.45) is 0.798. The van der Waals surface area contributed by atoms with Crippen LogP contribution in [-0.2, 0) is 14.4 Å². The number of aromatic hydroxyl groups is 1. The maximum absolute atomic E-state index is 13.7. The van der Waals surface area contributed by atoms with Crippen molar-refractivity contribution in [2.45, 2.75) is 30.9 Å². The third kappa shape index (κ3) is 3.17. The second-order valence-electron chi connectivity index (χ2n) is 9.84. The van der Waals surface area contributed by atoms with Crippen molar-refractivity contribution in [3.05, 3.63) is 64.6 Å². The van der Waals surface area contributed by atoms with Gasteiger partial charge in [0.25, 0.3) is 5.91 Å². The molecule has 1 amide bonds. The van der Waals surface area contributed by atoms with Crippen LogP contribution in [0.3, 0.4) is 0 Å². The zero-order valence-corrected chi connectivity index (χ0v) is 20.1. The number of ketones is 3. The standard InChI is InChI=1S/C26H28N2O8/c1-5-11(29)9-13-15-10(2)12-7-6-8-14(30)16(12)21(31)17(15)23(33)26(36)19(13)20(28(3)4)22(32)18(24(26)34)25(27)35/h5-8,10,13,15,19-20,30,32-33,36H,1,9H2,2-4H3,(H2,27,35)/t10-,13-,15-,19-,20-,26-/m0/s1. The number of benzene rings is 1. The first-order valence-corrected chi connectivity index (χ1v) is 11.4. The van der Waals surface area contributed by atoms with Gasteiger partial charge in [0.05, 0.1) is 11.6 Å². The number of amides is 1. The number of carbonyl (C=O) groups is 4. The van der Waals surface area contributed by atoms with E-state index < -0.39 is 75.7 Å². The molecule has 0 fully saturated rings. The Balaban J connectivity index is 2.12. The number of likely N-dealkylation sites (N-methyl/N-ethyl adjacent to an activating group) is 1. The lowest BCUT2D eigenvalue weighted by molar-refractivity contribution is -0.156. The molecular formula is C26H28N2O8. The molecule has 3 aliphatic carbocycles. The average molecular weight is 497 g/mol. The highest BCUT2D eigenvalue weighted by Crippen LogP contribution is 2.58. The molecule has 6 N–H and O–H groups in total. The van der Waals surface area contributed by atoms with Crippen molar-refractivity contribution < 1.29 is 39.6 Å². The molecule has 0 unspecified atom stereocenters. The quantitative estimate of drug-likeness (QED) is 0.294. The van der Waals surface area contributed by atoms with E-state index in [0.717, 1.165) is 6.08 Å². The molecule has 0 saturated heterocycles. The van der Waals surface area contributed by atoms with Crippen LogP contribution in [0.15, 0.2) is 53.5 Å². The Hall–Kier alpha value is -3.76. The molecule has 0 bridgehead atoms. The number of nitrogens with zero attached hydrogens (tertiary/aromatic N) is 1. The van der Waals surface area contributed by atoms with Crippen molar-refractivity contribution in [1.82, 2.24) is 4.90 Å². The Morgan fingerprint density at radius 2 is 1.83 bits per heavy atom. The van der Waals surface area contributed by atoms with Crippen molar-refractivity contribution in [3.8, 4) is 5.75 Å². The predicted molar refractivity (Wildman–Crippen MR) is 127 cm³/mol. The summed E-state index contributed by atoms with van der Waals surface area (Å²) in [5, 5.41) is 44.8. The van der Waals surface area contributed by atoms with Gasteiger partial charge >= 0.3 is 0 Å². The SMILES string of the molecule is C=CC(=O)C[C@H]1[C@H]2C(=C(O)[C@]3(O)C(=O)C(C(N)=O)=C(O)[C@@H](N(C)C)[C@H]13)C(=O)c1c(O)cccc1[C@@H]2C. The van der Waals surface area contributed by atoms with Gasteiger partial charge in [-0.3, -0.25) is 24.1 Å². The van der Waals surface area contributed by atoms with Gasteiger partial charge in [0, 0.05) is 23.8 Å². The van der Waals surface area contributed by atoms with Crippen LogP contribution in [0, 0.1) is 17.8 Å². The fourth-order valence-corrected chi connectivity index (χ4v) is 6.38. The van der Waals surface area contributed by atoms with Crippen LogP contribution in [0.1, 0.15) is 35.2 Å². The van der Waals surface area contributed by atoms with Crippen molar-refractivity contribution in [3.63, 3.8) is 0 Å². The summed E-state index contributed by atoms with van der Waals surface area (Å²) < 4.78 is 0. The van der Waals surface area contributed by atoms with Gasteiger partial charge in [-0.2, -0.15) is 0 Å². The van der Waals surface area contributed by atoms with Crippen LogP contribution in [0.25, 0.3) is 0 Å². The van der Waals surface area contributed by atoms with E-state index in [9.17, 15) is 39.6 Å². The Morgan fingerprint density at radius 3 is 2.39 bits per heavy atom. The van der Waals surface area contributed by atoms with Gasteiger partial charge in [-0.15, -0.1) is 0 Å². The first-order valence-electron chi connectivity index (χ1n) is 11.4. The van der Waals surface area contributed by atoms with Gasteiger partial charge in [0.15, 0.2) is 17.2 Å². The monoisotopic (exact) mass is 496 g/mol. The minimum atomic E-state index is -2.85. The summed E-state index contributed by atoms with van der Waals surface area (Å²) in [5.41, 5.74) is 1.69. The Kier molecular flexibility index (Phi) is 5.93. The lowest BCUT2D eigenvalue weighted by Gasteiger charge is -2.55. The van der Waals surface area contributed by atoms with E-state index in [0.29, 0.717) is 5.56 Å². The molecule has 10 heteroatoms.